The molecule has 1 heterocycles. The number of ether oxygens (including phenoxy) is 1. The highest BCUT2D eigenvalue weighted by Gasteiger charge is 2.28. The first-order chi connectivity index (χ1) is 13.8. The summed E-state index contributed by atoms with van der Waals surface area (Å²) in [6.07, 6.45) is 3.37. The number of thiophene rings is 1. The highest BCUT2D eigenvalue weighted by molar-refractivity contribution is 7.17. The smallest absolute Gasteiger partial charge is 0.341 e. The zero-order chi connectivity index (χ0) is 21.1. The van der Waals surface area contributed by atoms with Crippen LogP contribution >= 0.6 is 11.3 Å². The van der Waals surface area contributed by atoms with E-state index in [-0.39, 0.29) is 22.7 Å². The van der Waals surface area contributed by atoms with Gasteiger partial charge in [-0.3, -0.25) is 4.79 Å². The number of amides is 1. The van der Waals surface area contributed by atoms with Gasteiger partial charge < -0.3 is 29.9 Å². The molecule has 1 aromatic heterocycles. The molecule has 1 amide bonds. The molecule has 152 valence electrons. The molecule has 29 heavy (non-hydrogen) atoms. The van der Waals surface area contributed by atoms with E-state index in [9.17, 15) is 29.4 Å². The van der Waals surface area contributed by atoms with E-state index in [4.69, 9.17) is 4.74 Å². The van der Waals surface area contributed by atoms with Gasteiger partial charge in [0.05, 0.1) is 24.1 Å². The Morgan fingerprint density at radius 3 is 2.45 bits per heavy atom. The molecule has 0 aliphatic heterocycles. The molecule has 1 N–H and O–H groups in total. The molecule has 0 radical (unpaired) electrons. The minimum absolute atomic E-state index is 0.177. The number of aryl methyl sites for hydroxylation is 1. The van der Waals surface area contributed by atoms with E-state index in [1.54, 1.807) is 6.92 Å². The van der Waals surface area contributed by atoms with Crippen LogP contribution in [0, 0.1) is 0 Å². The van der Waals surface area contributed by atoms with Crippen molar-refractivity contribution in [3.05, 3.63) is 50.9 Å². The van der Waals surface area contributed by atoms with Crippen LogP contribution in [0.15, 0.2) is 18.2 Å². The number of carboxylic acid groups (broad SMARTS) is 2. The van der Waals surface area contributed by atoms with E-state index >= 15 is 0 Å². The summed E-state index contributed by atoms with van der Waals surface area (Å²) in [5, 5.41) is 25.2. The molecule has 1 aliphatic carbocycles. The molecular formula is C20H17NO7S-2. The average Bonchev–Trinajstić information content (AvgIpc) is 3.05. The van der Waals surface area contributed by atoms with Gasteiger partial charge in [-0.05, 0) is 55.9 Å². The van der Waals surface area contributed by atoms with Gasteiger partial charge in [0.2, 0.25) is 0 Å². The lowest BCUT2D eigenvalue weighted by Crippen LogP contribution is -2.29. The molecule has 8 nitrogen and oxygen atoms in total. The third-order valence-corrected chi connectivity index (χ3v) is 5.80. The highest BCUT2D eigenvalue weighted by atomic mass is 32.1. The van der Waals surface area contributed by atoms with Crippen LogP contribution in [0.4, 0.5) is 5.00 Å². The maximum absolute atomic E-state index is 12.8. The van der Waals surface area contributed by atoms with Crippen LogP contribution in [-0.4, -0.2) is 30.4 Å². The van der Waals surface area contributed by atoms with E-state index in [2.05, 4.69) is 5.32 Å². The number of anilines is 1. The molecule has 2 aromatic rings. The Morgan fingerprint density at radius 1 is 1.07 bits per heavy atom. The number of esters is 1. The van der Waals surface area contributed by atoms with Crippen molar-refractivity contribution in [3.63, 3.8) is 0 Å². The topological polar surface area (TPSA) is 136 Å². The molecule has 1 aromatic carbocycles. The molecule has 0 saturated heterocycles. The predicted molar refractivity (Wildman–Crippen MR) is 100.0 cm³/mol. The van der Waals surface area contributed by atoms with Gasteiger partial charge >= 0.3 is 5.97 Å². The van der Waals surface area contributed by atoms with Crippen molar-refractivity contribution < 1.29 is 34.1 Å². The van der Waals surface area contributed by atoms with Gasteiger partial charge in [-0.2, -0.15) is 0 Å². The molecule has 0 atom stereocenters. The minimum Gasteiger partial charge on any atom is -0.545 e. The van der Waals surface area contributed by atoms with Gasteiger partial charge in [-0.25, -0.2) is 4.79 Å². The zero-order valence-electron chi connectivity index (χ0n) is 15.5. The van der Waals surface area contributed by atoms with Gasteiger partial charge in [-0.15, -0.1) is 11.3 Å². The van der Waals surface area contributed by atoms with Crippen LogP contribution in [0.3, 0.4) is 0 Å². The van der Waals surface area contributed by atoms with E-state index < -0.39 is 29.4 Å². The molecule has 3 rings (SSSR count). The second-order valence-electron chi connectivity index (χ2n) is 6.42. The summed E-state index contributed by atoms with van der Waals surface area (Å²) in [6, 6.07) is 2.96. The lowest BCUT2D eigenvalue weighted by atomic mass is 9.95. The average molecular weight is 415 g/mol. The lowest BCUT2D eigenvalue weighted by molar-refractivity contribution is -0.255. The third kappa shape index (κ3) is 4.14. The van der Waals surface area contributed by atoms with Gasteiger partial charge in [0.1, 0.15) is 5.00 Å². The van der Waals surface area contributed by atoms with Crippen LogP contribution < -0.4 is 15.5 Å². The number of carbonyl (C=O) groups excluding carboxylic acids is 4. The first-order valence-corrected chi connectivity index (χ1v) is 9.84. The van der Waals surface area contributed by atoms with Crippen LogP contribution in [0.1, 0.15) is 71.6 Å². The standard InChI is InChI=1S/C20H19NO7S/c1-2-28-20(27)15-12-5-3-4-6-14(12)29-17(15)21-16(22)11-8-7-10(18(23)24)9-13(11)19(25)26/h7-9H,2-6H2,1H3,(H,21,22)(H,23,24)(H,25,26)/p-2. The van der Waals surface area contributed by atoms with Crippen molar-refractivity contribution in [1.29, 1.82) is 0 Å². The first-order valence-electron chi connectivity index (χ1n) is 9.03. The molecule has 1 aliphatic rings. The Labute approximate surface area is 170 Å². The minimum atomic E-state index is -1.70. The molecule has 9 heteroatoms. The normalized spacial score (nSPS) is 12.7. The van der Waals surface area contributed by atoms with Gasteiger partial charge in [0.25, 0.3) is 5.91 Å². The summed E-state index contributed by atoms with van der Waals surface area (Å²) in [5.41, 5.74) is -0.109. The van der Waals surface area contributed by atoms with Crippen LogP contribution in [0.2, 0.25) is 0 Å². The van der Waals surface area contributed by atoms with Crippen LogP contribution in [0.25, 0.3) is 0 Å². The molecular weight excluding hydrogens is 398 g/mol. The van der Waals surface area contributed by atoms with Crippen molar-refractivity contribution in [1.82, 2.24) is 0 Å². The van der Waals surface area contributed by atoms with Crippen LogP contribution in [0.5, 0.6) is 0 Å². The number of nitrogens with one attached hydrogen (secondary N) is 1. The number of benzene rings is 1. The lowest BCUT2D eigenvalue weighted by Gasteiger charge is -2.14. The summed E-state index contributed by atoms with van der Waals surface area (Å²) in [4.78, 5) is 48.6. The van der Waals surface area contributed by atoms with Gasteiger partial charge in [0.15, 0.2) is 0 Å². The van der Waals surface area contributed by atoms with Crippen LogP contribution in [-0.2, 0) is 17.6 Å². The summed E-state index contributed by atoms with van der Waals surface area (Å²) >= 11 is 1.26. The highest BCUT2D eigenvalue weighted by Crippen LogP contribution is 2.38. The van der Waals surface area contributed by atoms with Crippen molar-refractivity contribution in [3.8, 4) is 0 Å². The maximum Gasteiger partial charge on any atom is 0.341 e. The number of hydrogen-bond donors (Lipinski definition) is 1. The van der Waals surface area contributed by atoms with E-state index in [1.807, 2.05) is 0 Å². The number of carbonyl (C=O) groups is 4. The number of aromatic carboxylic acids is 2. The van der Waals surface area contributed by atoms with Crippen molar-refractivity contribution in [2.24, 2.45) is 0 Å². The monoisotopic (exact) mass is 415 g/mol. The number of hydrogen-bond acceptors (Lipinski definition) is 8. The van der Waals surface area contributed by atoms with E-state index in [0.29, 0.717) is 12.0 Å². The van der Waals surface area contributed by atoms with Gasteiger partial charge in [-0.1, -0.05) is 6.07 Å². The summed E-state index contributed by atoms with van der Waals surface area (Å²) < 4.78 is 5.12. The summed E-state index contributed by atoms with van der Waals surface area (Å²) in [7, 11) is 0. The van der Waals surface area contributed by atoms with Gasteiger partial charge in [0, 0.05) is 16.0 Å². The Kier molecular flexibility index (Phi) is 5.97. The number of rotatable bonds is 6. The van der Waals surface area contributed by atoms with Crippen molar-refractivity contribution in [2.75, 3.05) is 11.9 Å². The second-order valence-corrected chi connectivity index (χ2v) is 7.53. The Balaban J connectivity index is 1.99. The predicted octanol–water partition coefficient (Wildman–Crippen LogP) is 0.783. The Morgan fingerprint density at radius 2 is 1.79 bits per heavy atom. The zero-order valence-corrected chi connectivity index (χ0v) is 16.4. The molecule has 0 bridgehead atoms. The van der Waals surface area contributed by atoms with E-state index in [0.717, 1.165) is 47.9 Å². The molecule has 0 spiro atoms. The van der Waals surface area contributed by atoms with Crippen molar-refractivity contribution in [2.45, 2.75) is 32.6 Å². The third-order valence-electron chi connectivity index (χ3n) is 4.60. The first kappa shape index (κ1) is 20.5. The number of fused-ring (bicyclic) bond motifs is 1. The molecule has 0 saturated carbocycles. The second kappa shape index (κ2) is 8.44. The fourth-order valence-corrected chi connectivity index (χ4v) is 4.55. The van der Waals surface area contributed by atoms with Crippen molar-refractivity contribution >= 4 is 40.2 Å². The fraction of sp³-hybridized carbons (Fsp3) is 0.300. The largest absolute Gasteiger partial charge is 0.545 e. The fourth-order valence-electron chi connectivity index (χ4n) is 3.28. The Hall–Kier alpha value is -3.20. The molecule has 0 fully saturated rings. The number of carboxylic acids is 2. The maximum atomic E-state index is 12.8. The quantitative estimate of drug-likeness (QED) is 0.689. The Bertz CT molecular complexity index is 1010. The summed E-state index contributed by atoms with van der Waals surface area (Å²) in [6.45, 7) is 1.86. The van der Waals surface area contributed by atoms with E-state index in [1.165, 1.54) is 11.3 Å². The SMILES string of the molecule is CCOC(=O)c1c(NC(=O)c2ccc(C(=O)[O-])cc2C(=O)[O-])sc2c1CCCC2. The molecule has 0 unspecified atom stereocenters. The summed E-state index contributed by atoms with van der Waals surface area (Å²) in [5.74, 6) is -4.61.